The van der Waals surface area contributed by atoms with E-state index in [1.165, 1.54) is 6.07 Å². The summed E-state index contributed by atoms with van der Waals surface area (Å²) < 4.78 is 65.4. The zero-order valence-electron chi connectivity index (χ0n) is 9.18. The lowest BCUT2D eigenvalue weighted by Crippen LogP contribution is -2.23. The third-order valence-electron chi connectivity index (χ3n) is 1.92. The number of anilines is 1. The minimum Gasteiger partial charge on any atom is -0.329 e. The van der Waals surface area contributed by atoms with Gasteiger partial charge in [-0.25, -0.2) is 4.44 Å². The zero-order valence-corrected chi connectivity index (χ0v) is 12.6. The molecule has 14 heteroatoms. The molecule has 1 unspecified atom stereocenters. The van der Waals surface area contributed by atoms with Gasteiger partial charge < -0.3 is 14.7 Å². The maximum absolute atomic E-state index is 12.8. The first-order valence-electron chi connectivity index (χ1n) is 4.45. The van der Waals surface area contributed by atoms with Crippen LogP contribution in [0.4, 0.5) is 25.8 Å². The number of halogens is 5. The molecule has 20 heavy (non-hydrogen) atoms. The van der Waals surface area contributed by atoms with Crippen molar-refractivity contribution in [1.29, 1.82) is 0 Å². The van der Waals surface area contributed by atoms with Gasteiger partial charge in [-0.1, -0.05) is 18.2 Å². The molecule has 0 amide bonds. The number of hydrogen-bond acceptors (Lipinski definition) is 2. The third-order valence-corrected chi connectivity index (χ3v) is 9.76. The molecule has 0 saturated carbocycles. The summed E-state index contributed by atoms with van der Waals surface area (Å²) >= 11 is 4.04. The molecule has 0 radical (unpaired) electrons. The van der Waals surface area contributed by atoms with E-state index in [2.05, 4.69) is 16.5 Å². The summed E-state index contributed by atoms with van der Waals surface area (Å²) in [5, 5.41) is 0. The molecule has 1 atom stereocenters. The van der Waals surface area contributed by atoms with Crippen LogP contribution in [0.15, 0.2) is 30.3 Å². The first-order chi connectivity index (χ1) is 8.80. The third kappa shape index (κ3) is 3.40. The predicted molar refractivity (Wildman–Crippen MR) is 70.8 cm³/mol. The summed E-state index contributed by atoms with van der Waals surface area (Å²) in [7, 11) is -8.84. The van der Waals surface area contributed by atoms with Gasteiger partial charge in [-0.05, 0) is 28.5 Å². The molecule has 0 spiro atoms. The second kappa shape index (κ2) is 5.29. The number of nitrogens with zero attached hydrogens (tertiary/aromatic N) is 1. The molecular weight excluding hydrogens is 371 g/mol. The Morgan fingerprint density at radius 2 is 1.50 bits per heavy atom. The number of hydrogen-bond donors (Lipinski definition) is 3. The summed E-state index contributed by atoms with van der Waals surface area (Å²) in [4.78, 5) is 27.8. The van der Waals surface area contributed by atoms with E-state index in [-0.39, 0.29) is 0 Å². The van der Waals surface area contributed by atoms with Crippen molar-refractivity contribution in [2.24, 2.45) is 0 Å². The standard InChI is InChI=1S/C6H8F5NO4P2S2/c7-16-18(15,20(8,9,10)11)12(17(13,14)19)6-4-2-1-3-5-6/h1-5,15H,(H2,13,14,19). The Morgan fingerprint density at radius 3 is 1.80 bits per heavy atom. The Balaban J connectivity index is 3.83. The van der Waals surface area contributed by atoms with Crippen molar-refractivity contribution >= 4 is 40.7 Å². The van der Waals surface area contributed by atoms with Gasteiger partial charge in [0.05, 0.1) is 5.69 Å². The largest absolute Gasteiger partial charge is 0.381 e. The van der Waals surface area contributed by atoms with Crippen LogP contribution in [0, 0.1) is 0 Å². The highest BCUT2D eigenvalue weighted by atomic mass is 32.7. The van der Waals surface area contributed by atoms with Crippen LogP contribution in [0.1, 0.15) is 0 Å². The summed E-state index contributed by atoms with van der Waals surface area (Å²) in [5.74, 6) is 0. The van der Waals surface area contributed by atoms with E-state index < -0.39 is 33.3 Å². The van der Waals surface area contributed by atoms with E-state index in [4.69, 9.17) is 0 Å². The Labute approximate surface area is 115 Å². The minimum absolute atomic E-state index is 0.739. The maximum Gasteiger partial charge on any atom is 0.381 e. The maximum atomic E-state index is 12.8. The molecule has 118 valence electrons. The van der Waals surface area contributed by atoms with Crippen molar-refractivity contribution in [2.75, 3.05) is 4.44 Å². The first kappa shape index (κ1) is 18.0. The molecule has 0 bridgehead atoms. The Hall–Kier alpha value is -0.0600. The van der Waals surface area contributed by atoms with E-state index in [0.29, 0.717) is 0 Å². The van der Waals surface area contributed by atoms with Crippen molar-refractivity contribution in [3.63, 3.8) is 0 Å². The second-order valence-electron chi connectivity index (χ2n) is 3.32. The Morgan fingerprint density at radius 1 is 1.05 bits per heavy atom. The van der Waals surface area contributed by atoms with Gasteiger partial charge in [0.1, 0.15) is 0 Å². The van der Waals surface area contributed by atoms with Crippen molar-refractivity contribution in [2.45, 2.75) is 0 Å². The van der Waals surface area contributed by atoms with Gasteiger partial charge in [0.2, 0.25) is 0 Å². The first-order valence-corrected chi connectivity index (χ1v) is 11.0. The quantitative estimate of drug-likeness (QED) is 0.550. The average Bonchev–Trinajstić information content (AvgIpc) is 2.25. The van der Waals surface area contributed by atoms with Crippen molar-refractivity contribution in [1.82, 2.24) is 0 Å². The molecule has 1 aromatic carbocycles. The predicted octanol–water partition coefficient (Wildman–Crippen LogP) is 3.50. The molecule has 0 fully saturated rings. The lowest BCUT2D eigenvalue weighted by atomic mass is 10.3. The molecule has 5 nitrogen and oxygen atoms in total. The smallest absolute Gasteiger partial charge is 0.329 e. The van der Waals surface area contributed by atoms with Crippen LogP contribution >= 0.6 is 13.3 Å². The number of benzene rings is 1. The molecule has 0 aliphatic heterocycles. The van der Waals surface area contributed by atoms with E-state index in [9.17, 15) is 34.7 Å². The van der Waals surface area contributed by atoms with Crippen molar-refractivity contribution < 1.29 is 39.5 Å². The van der Waals surface area contributed by atoms with Crippen LogP contribution in [-0.2, 0) is 26.4 Å². The van der Waals surface area contributed by atoms with Crippen LogP contribution in [0.5, 0.6) is 0 Å². The van der Waals surface area contributed by atoms with Gasteiger partial charge >= 0.3 is 16.5 Å². The fourth-order valence-electron chi connectivity index (χ4n) is 1.19. The fourth-order valence-corrected chi connectivity index (χ4v) is 8.43. The van der Waals surface area contributed by atoms with E-state index in [1.54, 1.807) is 0 Å². The van der Waals surface area contributed by atoms with Crippen molar-refractivity contribution in [3.8, 4) is 0 Å². The molecule has 1 rings (SSSR count). The summed E-state index contributed by atoms with van der Waals surface area (Å²) in [6.45, 7) is -11.8. The molecule has 0 aliphatic carbocycles. The summed E-state index contributed by atoms with van der Waals surface area (Å²) in [6.07, 6.45) is 0. The highest BCUT2D eigenvalue weighted by molar-refractivity contribution is 8.42. The highest BCUT2D eigenvalue weighted by Gasteiger charge is 2.55. The van der Waals surface area contributed by atoms with E-state index >= 15 is 0 Å². The minimum atomic E-state index is -8.84. The Kier molecular flexibility index (Phi) is 4.76. The molecule has 3 N–H and O–H groups in total. The van der Waals surface area contributed by atoms with Gasteiger partial charge in [0, 0.05) is 0 Å². The SMILES string of the molecule is OP(O)(=S)N(c1ccccc1)P(O)(OF)=S(F)(F)(F)F. The van der Waals surface area contributed by atoms with Gasteiger partial charge in [0.25, 0.3) is 6.64 Å². The monoisotopic (exact) mass is 379 g/mol. The van der Waals surface area contributed by atoms with E-state index in [0.717, 1.165) is 24.3 Å². The average molecular weight is 379 g/mol. The second-order valence-corrected chi connectivity index (χ2v) is 12.4. The van der Waals surface area contributed by atoms with Crippen LogP contribution in [0.3, 0.4) is 0 Å². The van der Waals surface area contributed by atoms with Gasteiger partial charge in [-0.2, -0.15) is 0 Å². The number of para-hydroxylation sites is 1. The zero-order chi connectivity index (χ0) is 15.8. The van der Waals surface area contributed by atoms with Gasteiger partial charge in [-0.3, -0.25) is 0 Å². The van der Waals surface area contributed by atoms with Gasteiger partial charge in [-0.15, -0.1) is 20.3 Å². The highest BCUT2D eigenvalue weighted by Crippen LogP contribution is 2.74. The molecule has 1 aromatic rings. The fraction of sp³-hybridized carbons (Fsp3) is 0. The molecule has 0 aromatic heterocycles. The van der Waals surface area contributed by atoms with Crippen LogP contribution in [-0.4, -0.2) is 14.7 Å². The number of rotatable bonds is 4. The molecule has 0 aliphatic rings. The lowest BCUT2D eigenvalue weighted by molar-refractivity contribution is -0.00603. The van der Waals surface area contributed by atoms with Crippen LogP contribution in [0.2, 0.25) is 0 Å². The van der Waals surface area contributed by atoms with E-state index in [1.807, 2.05) is 0 Å². The lowest BCUT2D eigenvalue weighted by Gasteiger charge is -2.36. The van der Waals surface area contributed by atoms with Crippen LogP contribution in [0.25, 0.3) is 0 Å². The summed E-state index contributed by atoms with van der Waals surface area (Å²) in [5.41, 5.74) is -0.747. The topological polar surface area (TPSA) is 73.2 Å². The molecule has 0 saturated heterocycles. The van der Waals surface area contributed by atoms with Crippen molar-refractivity contribution in [3.05, 3.63) is 30.3 Å². The van der Waals surface area contributed by atoms with Gasteiger partial charge in [0.15, 0.2) is 0 Å². The van der Waals surface area contributed by atoms with Crippen LogP contribution < -0.4 is 4.44 Å². The normalized spacial score (nSPS) is 17.9. The summed E-state index contributed by atoms with van der Waals surface area (Å²) in [6, 6.07) is 5.29. The Bertz CT molecular complexity index is 623. The molecule has 0 heterocycles. The molecular formula is C6H8F5NO4P2S2.